The zero-order valence-corrected chi connectivity index (χ0v) is 19.5. The van der Waals surface area contributed by atoms with Gasteiger partial charge in [-0.05, 0) is 74.0 Å². The largest absolute Gasteiger partial charge is 0.379 e. The van der Waals surface area contributed by atoms with Crippen molar-refractivity contribution in [1.82, 2.24) is 4.31 Å². The second kappa shape index (κ2) is 7.57. The molecule has 5 aliphatic rings. The second-order valence-corrected chi connectivity index (χ2v) is 13.5. The van der Waals surface area contributed by atoms with Gasteiger partial charge in [-0.3, -0.25) is 4.79 Å². The average molecular weight is 497 g/mol. The summed E-state index contributed by atoms with van der Waals surface area (Å²) in [6.07, 6.45) is 7.70. The Bertz CT molecular complexity index is 930. The van der Waals surface area contributed by atoms with Gasteiger partial charge in [0.05, 0.1) is 18.1 Å². The molecule has 164 valence electrons. The summed E-state index contributed by atoms with van der Waals surface area (Å²) in [5.74, 6) is 1.47. The van der Waals surface area contributed by atoms with Crippen LogP contribution in [0.25, 0.3) is 0 Å². The number of rotatable bonds is 5. The summed E-state index contributed by atoms with van der Waals surface area (Å²) in [6, 6.07) is 6.63. The van der Waals surface area contributed by atoms with Crippen molar-refractivity contribution in [2.75, 3.05) is 31.6 Å². The Morgan fingerprint density at radius 1 is 1.17 bits per heavy atom. The molecular formula is C22H29BrN2O4S. The third-order valence-electron chi connectivity index (χ3n) is 7.37. The molecule has 1 aromatic carbocycles. The summed E-state index contributed by atoms with van der Waals surface area (Å²) in [6.45, 7) is 1.54. The summed E-state index contributed by atoms with van der Waals surface area (Å²) in [5.41, 5.74) is 0.641. The highest BCUT2D eigenvalue weighted by Gasteiger charge is 2.57. The summed E-state index contributed by atoms with van der Waals surface area (Å²) in [5, 5.41) is 2.98. The second-order valence-electron chi connectivity index (χ2n) is 9.88. The molecule has 0 radical (unpaired) electrons. The Hall–Kier alpha value is -0.960. The standard InChI is InChI=1S/C22H29BrN2O4S/c23-22-12-16-8-17(13-22)11-21(10-16,15-22)14-20(26)24-18-2-1-3-19(9-18)30(27,28)25-4-6-29-7-5-25/h1-3,9,16-17H,4-8,10-15H2,(H,24,26). The van der Waals surface area contributed by atoms with Crippen LogP contribution >= 0.6 is 15.9 Å². The summed E-state index contributed by atoms with van der Waals surface area (Å²) in [4.78, 5) is 13.2. The molecule has 4 bridgehead atoms. The number of hydrogen-bond donors (Lipinski definition) is 1. The van der Waals surface area contributed by atoms with Crippen LogP contribution in [0.3, 0.4) is 0 Å². The number of carbonyl (C=O) groups excluding carboxylic acids is 1. The third-order valence-corrected chi connectivity index (χ3v) is 10.2. The van der Waals surface area contributed by atoms with Crippen molar-refractivity contribution >= 4 is 37.5 Å². The minimum absolute atomic E-state index is 0.00558. The molecule has 0 spiro atoms. The topological polar surface area (TPSA) is 75.7 Å². The van der Waals surface area contributed by atoms with E-state index in [1.54, 1.807) is 24.3 Å². The van der Waals surface area contributed by atoms with E-state index in [0.29, 0.717) is 38.4 Å². The zero-order chi connectivity index (χ0) is 21.0. The third kappa shape index (κ3) is 3.96. The number of sulfonamides is 1. The minimum atomic E-state index is -3.58. The fourth-order valence-electron chi connectivity index (χ4n) is 6.76. The van der Waals surface area contributed by atoms with Gasteiger partial charge in [-0.15, -0.1) is 0 Å². The van der Waals surface area contributed by atoms with Gasteiger partial charge in [-0.1, -0.05) is 22.0 Å². The number of benzene rings is 1. The van der Waals surface area contributed by atoms with Gasteiger partial charge in [0.1, 0.15) is 0 Å². The summed E-state index contributed by atoms with van der Waals surface area (Å²) < 4.78 is 32.8. The summed E-state index contributed by atoms with van der Waals surface area (Å²) >= 11 is 4.01. The Balaban J connectivity index is 1.28. The first kappa shape index (κ1) is 20.9. The van der Waals surface area contributed by atoms with E-state index >= 15 is 0 Å². The molecule has 30 heavy (non-hydrogen) atoms. The number of alkyl halides is 1. The first-order valence-corrected chi connectivity index (χ1v) is 13.2. The molecule has 4 saturated carbocycles. The summed E-state index contributed by atoms with van der Waals surface area (Å²) in [7, 11) is -3.58. The van der Waals surface area contributed by atoms with Crippen LogP contribution in [0.1, 0.15) is 44.9 Å². The smallest absolute Gasteiger partial charge is 0.243 e. The van der Waals surface area contributed by atoms with E-state index in [1.807, 2.05) is 0 Å². The number of amides is 1. The van der Waals surface area contributed by atoms with E-state index in [4.69, 9.17) is 4.74 Å². The highest BCUT2D eigenvalue weighted by atomic mass is 79.9. The fraction of sp³-hybridized carbons (Fsp3) is 0.682. The number of carbonyl (C=O) groups is 1. The SMILES string of the molecule is O=C(CC12CC3CC(CC(Br)(C3)C1)C2)Nc1cccc(S(=O)(=O)N2CCOCC2)c1. The van der Waals surface area contributed by atoms with Crippen LogP contribution in [0, 0.1) is 17.3 Å². The van der Waals surface area contributed by atoms with Crippen molar-refractivity contribution in [1.29, 1.82) is 0 Å². The van der Waals surface area contributed by atoms with E-state index in [2.05, 4.69) is 21.2 Å². The van der Waals surface area contributed by atoms with E-state index < -0.39 is 10.0 Å². The van der Waals surface area contributed by atoms with Crippen LogP contribution < -0.4 is 5.32 Å². The molecule has 6 rings (SSSR count). The average Bonchev–Trinajstić information content (AvgIpc) is 2.66. The number of ether oxygens (including phenoxy) is 1. The Morgan fingerprint density at radius 2 is 1.87 bits per heavy atom. The number of nitrogens with one attached hydrogen (secondary N) is 1. The predicted molar refractivity (Wildman–Crippen MR) is 118 cm³/mol. The van der Waals surface area contributed by atoms with Crippen LogP contribution in [-0.2, 0) is 19.6 Å². The number of anilines is 1. The van der Waals surface area contributed by atoms with Crippen molar-refractivity contribution < 1.29 is 17.9 Å². The Morgan fingerprint density at radius 3 is 2.53 bits per heavy atom. The molecule has 1 amide bonds. The molecule has 5 fully saturated rings. The maximum Gasteiger partial charge on any atom is 0.243 e. The molecule has 1 saturated heterocycles. The van der Waals surface area contributed by atoms with Gasteiger partial charge in [0, 0.05) is 29.5 Å². The first-order valence-electron chi connectivity index (χ1n) is 10.9. The highest BCUT2D eigenvalue weighted by molar-refractivity contribution is 9.10. The lowest BCUT2D eigenvalue weighted by Crippen LogP contribution is -2.53. The molecule has 1 aliphatic heterocycles. The van der Waals surface area contributed by atoms with Crippen molar-refractivity contribution in [3.63, 3.8) is 0 Å². The number of hydrogen-bond acceptors (Lipinski definition) is 4. The number of morpholine rings is 1. The molecule has 6 nitrogen and oxygen atoms in total. The van der Waals surface area contributed by atoms with Crippen LogP contribution in [0.4, 0.5) is 5.69 Å². The highest BCUT2D eigenvalue weighted by Crippen LogP contribution is 2.65. The van der Waals surface area contributed by atoms with Gasteiger partial charge in [0.15, 0.2) is 0 Å². The molecule has 1 aromatic rings. The monoisotopic (exact) mass is 496 g/mol. The van der Waals surface area contributed by atoms with Crippen molar-refractivity contribution in [3.05, 3.63) is 24.3 Å². The normalized spacial score (nSPS) is 36.0. The van der Waals surface area contributed by atoms with Crippen molar-refractivity contribution in [2.24, 2.45) is 17.3 Å². The lowest BCUT2D eigenvalue weighted by molar-refractivity contribution is -0.123. The molecule has 1 N–H and O–H groups in total. The van der Waals surface area contributed by atoms with E-state index in [-0.39, 0.29) is 20.5 Å². The minimum Gasteiger partial charge on any atom is -0.379 e. The van der Waals surface area contributed by atoms with Crippen molar-refractivity contribution in [3.8, 4) is 0 Å². The first-order chi connectivity index (χ1) is 14.3. The van der Waals surface area contributed by atoms with Gasteiger partial charge in [-0.25, -0.2) is 8.42 Å². The van der Waals surface area contributed by atoms with Crippen LogP contribution in [0.15, 0.2) is 29.2 Å². The van der Waals surface area contributed by atoms with Gasteiger partial charge in [-0.2, -0.15) is 4.31 Å². The van der Waals surface area contributed by atoms with Crippen LogP contribution in [0.5, 0.6) is 0 Å². The fourth-order valence-corrected chi connectivity index (χ4v) is 9.72. The number of nitrogens with zero attached hydrogens (tertiary/aromatic N) is 1. The zero-order valence-electron chi connectivity index (χ0n) is 17.1. The maximum atomic E-state index is 13.0. The molecule has 0 aromatic heterocycles. The lowest BCUT2D eigenvalue weighted by Gasteiger charge is -2.60. The lowest BCUT2D eigenvalue weighted by atomic mass is 9.48. The van der Waals surface area contributed by atoms with E-state index in [9.17, 15) is 13.2 Å². The quantitative estimate of drug-likeness (QED) is 0.629. The van der Waals surface area contributed by atoms with Gasteiger partial charge in [0.2, 0.25) is 15.9 Å². The van der Waals surface area contributed by atoms with E-state index in [0.717, 1.165) is 31.1 Å². The van der Waals surface area contributed by atoms with Gasteiger partial charge >= 0.3 is 0 Å². The Labute approximate surface area is 186 Å². The van der Waals surface area contributed by atoms with Crippen LogP contribution in [0.2, 0.25) is 0 Å². The number of halogens is 1. The Kier molecular flexibility index (Phi) is 5.28. The van der Waals surface area contributed by atoms with E-state index in [1.165, 1.54) is 23.6 Å². The molecule has 4 aliphatic carbocycles. The molecule has 8 heteroatoms. The molecule has 2 unspecified atom stereocenters. The van der Waals surface area contributed by atoms with Crippen LogP contribution in [-0.4, -0.2) is 49.3 Å². The van der Waals surface area contributed by atoms with Gasteiger partial charge in [0.25, 0.3) is 0 Å². The molecule has 1 heterocycles. The predicted octanol–water partition coefficient (Wildman–Crippen LogP) is 3.77. The molecular weight excluding hydrogens is 468 g/mol. The van der Waals surface area contributed by atoms with Crippen molar-refractivity contribution in [2.45, 2.75) is 54.2 Å². The maximum absolute atomic E-state index is 13.0. The molecule has 2 atom stereocenters. The van der Waals surface area contributed by atoms with Gasteiger partial charge < -0.3 is 10.1 Å².